The van der Waals surface area contributed by atoms with Crippen molar-refractivity contribution in [3.8, 4) is 5.75 Å². The van der Waals surface area contributed by atoms with E-state index in [1.807, 2.05) is 0 Å². The first-order chi connectivity index (χ1) is 12.0. The maximum absolute atomic E-state index is 12.4. The summed E-state index contributed by atoms with van der Waals surface area (Å²) in [7, 11) is 1.51. The van der Waals surface area contributed by atoms with E-state index >= 15 is 0 Å². The Balaban J connectivity index is 0.00000338. The molecule has 26 heavy (non-hydrogen) atoms. The normalized spacial score (nSPS) is 15.5. The van der Waals surface area contributed by atoms with Crippen LogP contribution in [0.4, 0.5) is 5.69 Å². The summed E-state index contributed by atoms with van der Waals surface area (Å²) in [6, 6.07) is 4.97. The lowest BCUT2D eigenvalue weighted by atomic mass is 9.79. The Morgan fingerprint density at radius 1 is 1.35 bits per heavy atom. The summed E-state index contributed by atoms with van der Waals surface area (Å²) in [6.45, 7) is 1.56. The zero-order valence-corrected chi connectivity index (χ0v) is 16.3. The van der Waals surface area contributed by atoms with E-state index in [0.717, 1.165) is 0 Å². The molecule has 2 rings (SSSR count). The molecule has 1 aliphatic rings. The average molecular weight is 406 g/mol. The number of halogens is 2. The summed E-state index contributed by atoms with van der Waals surface area (Å²) in [5, 5.41) is 6.04. The van der Waals surface area contributed by atoms with Crippen molar-refractivity contribution < 1.29 is 19.1 Å². The lowest BCUT2D eigenvalue weighted by molar-refractivity contribution is -0.135. The van der Waals surface area contributed by atoms with Crippen LogP contribution in [0.25, 0.3) is 0 Å². The van der Waals surface area contributed by atoms with Gasteiger partial charge in [-0.1, -0.05) is 11.6 Å². The van der Waals surface area contributed by atoms with E-state index in [1.54, 1.807) is 18.2 Å². The second-order valence-electron chi connectivity index (χ2n) is 6.00. The monoisotopic (exact) mass is 405 g/mol. The smallest absolute Gasteiger partial charge is 0.227 e. The van der Waals surface area contributed by atoms with Crippen molar-refractivity contribution in [3.05, 3.63) is 23.2 Å². The molecule has 0 bridgehead atoms. The first-order valence-electron chi connectivity index (χ1n) is 8.20. The van der Waals surface area contributed by atoms with Gasteiger partial charge in [0.25, 0.3) is 0 Å². The van der Waals surface area contributed by atoms with Crippen molar-refractivity contribution in [2.45, 2.75) is 19.3 Å². The molecule has 0 radical (unpaired) electrons. The number of benzene rings is 1. The summed E-state index contributed by atoms with van der Waals surface area (Å²) in [5.74, 6) is 0.159. The molecular formula is C17H25Cl2N3O4. The van der Waals surface area contributed by atoms with Gasteiger partial charge in [0.05, 0.1) is 18.2 Å². The van der Waals surface area contributed by atoms with Gasteiger partial charge in [-0.25, -0.2) is 0 Å². The molecule has 1 fully saturated rings. The predicted molar refractivity (Wildman–Crippen MR) is 103 cm³/mol. The van der Waals surface area contributed by atoms with E-state index in [9.17, 15) is 9.59 Å². The summed E-state index contributed by atoms with van der Waals surface area (Å²) in [5.41, 5.74) is 5.70. The van der Waals surface area contributed by atoms with Gasteiger partial charge < -0.3 is 25.8 Å². The molecular weight excluding hydrogens is 381 g/mol. The third-order valence-electron chi connectivity index (χ3n) is 4.40. The van der Waals surface area contributed by atoms with Crippen LogP contribution in [-0.4, -0.2) is 45.2 Å². The van der Waals surface area contributed by atoms with Gasteiger partial charge in [-0.2, -0.15) is 0 Å². The summed E-state index contributed by atoms with van der Waals surface area (Å²) < 4.78 is 10.5. The number of hydrogen-bond acceptors (Lipinski definition) is 5. The van der Waals surface area contributed by atoms with Crippen molar-refractivity contribution in [2.24, 2.45) is 11.1 Å². The maximum Gasteiger partial charge on any atom is 0.227 e. The molecule has 9 heteroatoms. The molecule has 0 saturated carbocycles. The number of hydrogen-bond donors (Lipinski definition) is 3. The van der Waals surface area contributed by atoms with Gasteiger partial charge in [0.2, 0.25) is 11.8 Å². The summed E-state index contributed by atoms with van der Waals surface area (Å²) >= 11 is 5.93. The minimum atomic E-state index is -0.592. The van der Waals surface area contributed by atoms with Crippen LogP contribution >= 0.6 is 24.0 Å². The Morgan fingerprint density at radius 2 is 2.04 bits per heavy atom. The molecule has 2 amide bonds. The van der Waals surface area contributed by atoms with E-state index in [1.165, 1.54) is 7.11 Å². The molecule has 1 aliphatic heterocycles. The van der Waals surface area contributed by atoms with Gasteiger partial charge in [-0.05, 0) is 31.0 Å². The zero-order chi connectivity index (χ0) is 18.3. The second-order valence-corrected chi connectivity index (χ2v) is 6.43. The third kappa shape index (κ3) is 5.74. The first-order valence-corrected chi connectivity index (χ1v) is 8.58. The molecule has 1 heterocycles. The highest BCUT2D eigenvalue weighted by Crippen LogP contribution is 2.29. The van der Waals surface area contributed by atoms with Gasteiger partial charge in [0, 0.05) is 37.7 Å². The molecule has 7 nitrogen and oxygen atoms in total. The van der Waals surface area contributed by atoms with Crippen molar-refractivity contribution in [3.63, 3.8) is 0 Å². The molecule has 0 aliphatic carbocycles. The lowest BCUT2D eigenvalue weighted by Crippen LogP contribution is -2.49. The Labute approximate surface area is 164 Å². The fourth-order valence-corrected chi connectivity index (χ4v) is 2.93. The molecule has 0 spiro atoms. The quantitative estimate of drug-likeness (QED) is 0.643. The fourth-order valence-electron chi connectivity index (χ4n) is 2.75. The molecule has 146 valence electrons. The molecule has 1 aromatic rings. The first kappa shape index (κ1) is 22.5. The highest BCUT2D eigenvalue weighted by atomic mass is 35.5. The number of amides is 2. The van der Waals surface area contributed by atoms with Crippen LogP contribution in [0.2, 0.25) is 5.02 Å². The number of carbonyl (C=O) groups excluding carboxylic acids is 2. The summed E-state index contributed by atoms with van der Waals surface area (Å²) in [4.78, 5) is 24.5. The van der Waals surface area contributed by atoms with Crippen molar-refractivity contribution in [1.29, 1.82) is 0 Å². The minimum absolute atomic E-state index is 0. The van der Waals surface area contributed by atoms with Gasteiger partial charge in [-0.15, -0.1) is 12.4 Å². The third-order valence-corrected chi connectivity index (χ3v) is 4.63. The van der Waals surface area contributed by atoms with E-state index < -0.39 is 5.41 Å². The largest absolute Gasteiger partial charge is 0.495 e. The average Bonchev–Trinajstić information content (AvgIpc) is 2.62. The Hall–Kier alpha value is -1.54. The van der Waals surface area contributed by atoms with Crippen LogP contribution in [0.3, 0.4) is 0 Å². The molecule has 1 saturated heterocycles. The zero-order valence-electron chi connectivity index (χ0n) is 14.7. The predicted octanol–water partition coefficient (Wildman–Crippen LogP) is 1.97. The fraction of sp³-hybridized carbons (Fsp3) is 0.529. The number of rotatable bonds is 7. The van der Waals surface area contributed by atoms with Crippen LogP contribution in [-0.2, 0) is 14.3 Å². The van der Waals surface area contributed by atoms with Crippen molar-refractivity contribution in [1.82, 2.24) is 5.32 Å². The second kappa shape index (κ2) is 10.6. The molecule has 4 N–H and O–H groups in total. The van der Waals surface area contributed by atoms with Crippen LogP contribution in [0.1, 0.15) is 19.3 Å². The van der Waals surface area contributed by atoms with Crippen molar-refractivity contribution >= 4 is 41.5 Å². The Kier molecular flexibility index (Phi) is 9.15. The van der Waals surface area contributed by atoms with E-state index in [0.29, 0.717) is 42.5 Å². The molecule has 1 aromatic carbocycles. The minimum Gasteiger partial charge on any atom is -0.495 e. The van der Waals surface area contributed by atoms with Gasteiger partial charge >= 0.3 is 0 Å². The van der Waals surface area contributed by atoms with Crippen LogP contribution in [0, 0.1) is 5.41 Å². The highest BCUT2D eigenvalue weighted by molar-refractivity contribution is 6.31. The number of methoxy groups -OCH3 is 1. The van der Waals surface area contributed by atoms with Crippen LogP contribution in [0.5, 0.6) is 5.75 Å². The van der Waals surface area contributed by atoms with Crippen LogP contribution in [0.15, 0.2) is 18.2 Å². The molecule has 0 atom stereocenters. The number of carbonyl (C=O) groups is 2. The van der Waals surface area contributed by atoms with Gasteiger partial charge in [0.1, 0.15) is 5.75 Å². The Morgan fingerprint density at radius 3 is 2.65 bits per heavy atom. The van der Waals surface area contributed by atoms with E-state index in [2.05, 4.69) is 10.6 Å². The van der Waals surface area contributed by atoms with E-state index in [-0.39, 0.29) is 43.7 Å². The lowest BCUT2D eigenvalue weighted by Gasteiger charge is -2.34. The molecule has 0 aromatic heterocycles. The molecule has 0 unspecified atom stereocenters. The topological polar surface area (TPSA) is 103 Å². The van der Waals surface area contributed by atoms with Gasteiger partial charge in [-0.3, -0.25) is 9.59 Å². The number of ether oxygens (including phenoxy) is 2. The van der Waals surface area contributed by atoms with E-state index in [4.69, 9.17) is 26.8 Å². The van der Waals surface area contributed by atoms with Gasteiger partial charge in [0.15, 0.2) is 0 Å². The number of nitrogens with two attached hydrogens (primary N) is 1. The highest BCUT2D eigenvalue weighted by Gasteiger charge is 2.38. The maximum atomic E-state index is 12.4. The summed E-state index contributed by atoms with van der Waals surface area (Å²) in [6.07, 6.45) is 1.33. The standard InChI is InChI=1S/C17H24ClN3O4.ClH/c1-24-14-3-2-12(18)10-13(14)21-15(22)4-7-20-16(23)17(11-19)5-8-25-9-6-17;/h2-3,10H,4-9,11,19H2,1H3,(H,20,23)(H,21,22);1H. The van der Waals surface area contributed by atoms with Crippen molar-refractivity contribution in [2.75, 3.05) is 38.7 Å². The number of nitrogens with one attached hydrogen (secondary N) is 2. The van der Waals surface area contributed by atoms with Crippen LogP contribution < -0.4 is 21.1 Å². The SMILES string of the molecule is COc1ccc(Cl)cc1NC(=O)CCNC(=O)C1(CN)CCOCC1.Cl. The Bertz CT molecular complexity index is 622. The number of anilines is 1.